The van der Waals surface area contributed by atoms with E-state index in [9.17, 15) is 9.90 Å². The van der Waals surface area contributed by atoms with Crippen LogP contribution in [0.3, 0.4) is 0 Å². The third-order valence-electron chi connectivity index (χ3n) is 2.77. The van der Waals surface area contributed by atoms with Crippen LogP contribution in [0.15, 0.2) is 12.1 Å². The van der Waals surface area contributed by atoms with Crippen LogP contribution in [0.2, 0.25) is 0 Å². The highest BCUT2D eigenvalue weighted by molar-refractivity contribution is 5.96. The van der Waals surface area contributed by atoms with Crippen LogP contribution in [0.4, 0.5) is 0 Å². The van der Waals surface area contributed by atoms with Crippen LogP contribution in [0, 0.1) is 6.92 Å². The highest BCUT2D eigenvalue weighted by Crippen LogP contribution is 2.27. The molecule has 0 saturated carbocycles. The van der Waals surface area contributed by atoms with Gasteiger partial charge in [-0.2, -0.15) is 0 Å². The van der Waals surface area contributed by atoms with Crippen LogP contribution in [0.5, 0.6) is 0 Å². The number of nitrogens with zero attached hydrogens (tertiary/aromatic N) is 1. The first-order valence-electron chi connectivity index (χ1n) is 4.50. The predicted molar refractivity (Wildman–Crippen MR) is 48.8 cm³/mol. The molecule has 3 heteroatoms. The smallest absolute Gasteiger partial charge is 0.181 e. The van der Waals surface area contributed by atoms with Crippen molar-refractivity contribution in [3.8, 4) is 0 Å². The minimum atomic E-state index is -0.536. The molecule has 2 atom stereocenters. The van der Waals surface area contributed by atoms with E-state index in [1.165, 1.54) is 0 Å². The van der Waals surface area contributed by atoms with Crippen LogP contribution < -0.4 is 0 Å². The molecule has 0 spiro atoms. The van der Waals surface area contributed by atoms with Crippen molar-refractivity contribution in [1.82, 2.24) is 4.57 Å². The van der Waals surface area contributed by atoms with Gasteiger partial charge in [-0.3, -0.25) is 4.79 Å². The van der Waals surface area contributed by atoms with Gasteiger partial charge in [0, 0.05) is 12.1 Å². The number of hydrogen-bond acceptors (Lipinski definition) is 2. The maximum Gasteiger partial charge on any atom is 0.181 e. The van der Waals surface area contributed by atoms with E-state index in [0.717, 1.165) is 11.4 Å². The molecule has 0 unspecified atom stereocenters. The fourth-order valence-electron chi connectivity index (χ4n) is 1.96. The molecule has 0 fully saturated rings. The predicted octanol–water partition coefficient (Wildman–Crippen LogP) is 1.30. The van der Waals surface area contributed by atoms with E-state index in [-0.39, 0.29) is 18.2 Å². The summed E-state index contributed by atoms with van der Waals surface area (Å²) in [6, 6.07) is 3.77. The third kappa shape index (κ3) is 1.11. The zero-order chi connectivity index (χ0) is 9.59. The fraction of sp³-hybridized carbons (Fsp3) is 0.500. The average molecular weight is 179 g/mol. The summed E-state index contributed by atoms with van der Waals surface area (Å²) in [5, 5.41) is 9.60. The van der Waals surface area contributed by atoms with Crippen LogP contribution >= 0.6 is 0 Å². The number of rotatable bonds is 0. The summed E-state index contributed by atoms with van der Waals surface area (Å²) in [6.07, 6.45) is -0.281. The maximum absolute atomic E-state index is 11.5. The standard InChI is InChI=1S/C10H13NO2/c1-6-3-4-8-10(13)5-9(12)7(2)11(6)8/h3-4,7,9,12H,5H2,1-2H3/t7-,9+/m1/s1. The minimum absolute atomic E-state index is 0.0164. The zero-order valence-corrected chi connectivity index (χ0v) is 7.82. The molecule has 2 rings (SSSR count). The SMILES string of the molecule is Cc1ccc2n1[C@H](C)[C@@H](O)CC2=O. The van der Waals surface area contributed by atoms with Gasteiger partial charge in [0.1, 0.15) is 0 Å². The highest BCUT2D eigenvalue weighted by Gasteiger charge is 2.30. The lowest BCUT2D eigenvalue weighted by Crippen LogP contribution is -2.32. The van der Waals surface area contributed by atoms with E-state index in [4.69, 9.17) is 0 Å². The lowest BCUT2D eigenvalue weighted by atomic mass is 10.00. The Balaban J connectivity index is 2.56. The molecule has 0 saturated heterocycles. The van der Waals surface area contributed by atoms with Gasteiger partial charge in [0.25, 0.3) is 0 Å². The minimum Gasteiger partial charge on any atom is -0.391 e. The van der Waals surface area contributed by atoms with Crippen molar-refractivity contribution < 1.29 is 9.90 Å². The third-order valence-corrected chi connectivity index (χ3v) is 2.77. The molecule has 0 amide bonds. The van der Waals surface area contributed by atoms with Gasteiger partial charge in [0.05, 0.1) is 17.8 Å². The van der Waals surface area contributed by atoms with Gasteiger partial charge in [-0.25, -0.2) is 0 Å². The molecular weight excluding hydrogens is 166 g/mol. The van der Waals surface area contributed by atoms with Crippen molar-refractivity contribution >= 4 is 5.78 Å². The molecular formula is C10H13NO2. The lowest BCUT2D eigenvalue weighted by Gasteiger charge is -2.28. The summed E-state index contributed by atoms with van der Waals surface area (Å²) >= 11 is 0. The molecule has 70 valence electrons. The largest absolute Gasteiger partial charge is 0.391 e. The van der Waals surface area contributed by atoms with Crippen molar-refractivity contribution in [2.45, 2.75) is 32.4 Å². The Kier molecular flexibility index (Phi) is 1.77. The van der Waals surface area contributed by atoms with Gasteiger partial charge in [0.2, 0.25) is 0 Å². The van der Waals surface area contributed by atoms with Crippen molar-refractivity contribution in [3.05, 3.63) is 23.5 Å². The molecule has 1 aliphatic heterocycles. The number of ketones is 1. The number of aromatic nitrogens is 1. The second-order valence-electron chi connectivity index (χ2n) is 3.67. The summed E-state index contributed by atoms with van der Waals surface area (Å²) in [5.74, 6) is 0.0405. The molecule has 1 aromatic rings. The van der Waals surface area contributed by atoms with E-state index in [1.807, 2.05) is 30.5 Å². The fourth-order valence-corrected chi connectivity index (χ4v) is 1.96. The molecule has 13 heavy (non-hydrogen) atoms. The molecule has 0 aliphatic carbocycles. The molecule has 0 bridgehead atoms. The molecule has 0 radical (unpaired) electrons. The Hall–Kier alpha value is -1.09. The Labute approximate surface area is 77.0 Å². The van der Waals surface area contributed by atoms with Crippen molar-refractivity contribution in [1.29, 1.82) is 0 Å². The van der Waals surface area contributed by atoms with Crippen LogP contribution in [-0.2, 0) is 0 Å². The Morgan fingerprint density at radius 2 is 2.23 bits per heavy atom. The number of carbonyl (C=O) groups is 1. The topological polar surface area (TPSA) is 42.2 Å². The normalized spacial score (nSPS) is 27.5. The first kappa shape index (κ1) is 8.51. The number of hydrogen-bond donors (Lipinski definition) is 1. The number of carbonyl (C=O) groups excluding carboxylic acids is 1. The summed E-state index contributed by atoms with van der Waals surface area (Å²) in [6.45, 7) is 3.89. The highest BCUT2D eigenvalue weighted by atomic mass is 16.3. The lowest BCUT2D eigenvalue weighted by molar-refractivity contribution is 0.0676. The van der Waals surface area contributed by atoms with Crippen LogP contribution in [-0.4, -0.2) is 21.6 Å². The van der Waals surface area contributed by atoms with E-state index in [2.05, 4.69) is 0 Å². The molecule has 1 N–H and O–H groups in total. The zero-order valence-electron chi connectivity index (χ0n) is 7.82. The van der Waals surface area contributed by atoms with Crippen molar-refractivity contribution in [2.75, 3.05) is 0 Å². The summed E-state index contributed by atoms with van der Waals surface area (Å²) in [5.41, 5.74) is 1.77. The van der Waals surface area contributed by atoms with Gasteiger partial charge >= 0.3 is 0 Å². The summed E-state index contributed by atoms with van der Waals surface area (Å²) in [7, 11) is 0. The number of aliphatic hydroxyl groups excluding tert-OH is 1. The Bertz CT molecular complexity index is 354. The second-order valence-corrected chi connectivity index (χ2v) is 3.67. The molecule has 1 aliphatic rings. The first-order chi connectivity index (χ1) is 6.11. The number of aryl methyl sites for hydroxylation is 1. The van der Waals surface area contributed by atoms with Gasteiger partial charge in [-0.1, -0.05) is 0 Å². The molecule has 2 heterocycles. The molecule has 3 nitrogen and oxygen atoms in total. The Morgan fingerprint density at radius 3 is 2.92 bits per heavy atom. The summed E-state index contributed by atoms with van der Waals surface area (Å²) < 4.78 is 1.91. The second kappa shape index (κ2) is 2.70. The molecule has 1 aromatic heterocycles. The van der Waals surface area contributed by atoms with E-state index < -0.39 is 6.10 Å². The Morgan fingerprint density at radius 1 is 1.54 bits per heavy atom. The van der Waals surface area contributed by atoms with Crippen molar-refractivity contribution in [3.63, 3.8) is 0 Å². The first-order valence-corrected chi connectivity index (χ1v) is 4.50. The van der Waals surface area contributed by atoms with E-state index in [1.54, 1.807) is 0 Å². The van der Waals surface area contributed by atoms with Gasteiger partial charge in [-0.05, 0) is 26.0 Å². The number of Topliss-reactive ketones (excluding diaryl/α,β-unsaturated/α-hetero) is 1. The van der Waals surface area contributed by atoms with Crippen molar-refractivity contribution in [2.24, 2.45) is 0 Å². The number of fused-ring (bicyclic) bond motifs is 1. The summed E-state index contributed by atoms with van der Waals surface area (Å²) in [4.78, 5) is 11.5. The van der Waals surface area contributed by atoms with Gasteiger partial charge < -0.3 is 9.67 Å². The van der Waals surface area contributed by atoms with Crippen LogP contribution in [0.25, 0.3) is 0 Å². The maximum atomic E-state index is 11.5. The van der Waals surface area contributed by atoms with Crippen LogP contribution in [0.1, 0.15) is 35.6 Å². The average Bonchev–Trinajstić information content (AvgIpc) is 2.44. The molecule has 0 aromatic carbocycles. The quantitative estimate of drug-likeness (QED) is 0.652. The number of aliphatic hydroxyl groups is 1. The van der Waals surface area contributed by atoms with E-state index >= 15 is 0 Å². The van der Waals surface area contributed by atoms with Gasteiger partial charge in [0.15, 0.2) is 5.78 Å². The van der Waals surface area contributed by atoms with Gasteiger partial charge in [-0.15, -0.1) is 0 Å². The monoisotopic (exact) mass is 179 g/mol. The van der Waals surface area contributed by atoms with E-state index in [0.29, 0.717) is 0 Å².